The molecule has 0 amide bonds. The van der Waals surface area contributed by atoms with Crippen molar-refractivity contribution in [1.29, 1.82) is 0 Å². The van der Waals surface area contributed by atoms with Crippen LogP contribution < -0.4 is 0 Å². The van der Waals surface area contributed by atoms with Crippen LogP contribution in [0, 0.1) is 7.14 Å². The monoisotopic (exact) mass is 754 g/mol. The van der Waals surface area contributed by atoms with Crippen molar-refractivity contribution < 1.29 is 17.8 Å². The van der Waals surface area contributed by atoms with Crippen LogP contribution in [0.1, 0.15) is 5.56 Å². The Kier molecular flexibility index (Phi) is 6.16. The van der Waals surface area contributed by atoms with Crippen molar-refractivity contribution in [3.8, 4) is 0 Å². The standard InChI is InChI=1S/C12H6I4O4S/c13-7-3-6(21(18,19)20)4-8(14)11(7)5-1-9(15)12(17)10(16)2-5/h1-4,9H,(H,18,19,20). The summed E-state index contributed by atoms with van der Waals surface area (Å²) >= 11 is 8.14. The number of hydrogen-bond donors (Lipinski definition) is 1. The largest absolute Gasteiger partial charge is 0.294 e. The van der Waals surface area contributed by atoms with Gasteiger partial charge in [-0.05, 0) is 91.6 Å². The van der Waals surface area contributed by atoms with E-state index in [1.807, 2.05) is 73.8 Å². The summed E-state index contributed by atoms with van der Waals surface area (Å²) in [6.07, 6.45) is 3.66. The number of benzene rings is 1. The Morgan fingerprint density at radius 2 is 1.62 bits per heavy atom. The minimum absolute atomic E-state index is 0.0690. The van der Waals surface area contributed by atoms with Crippen LogP contribution in [0.3, 0.4) is 0 Å². The molecule has 1 aliphatic rings. The van der Waals surface area contributed by atoms with Crippen LogP contribution in [0.4, 0.5) is 0 Å². The van der Waals surface area contributed by atoms with Crippen LogP contribution in [0.25, 0.3) is 5.57 Å². The summed E-state index contributed by atoms with van der Waals surface area (Å²) in [5.41, 5.74) is 1.75. The molecule has 0 spiro atoms. The molecule has 1 aromatic rings. The maximum atomic E-state index is 11.8. The SMILES string of the molecule is O=C1C(I)=CC(c2c(I)cc(S(=O)(=O)O)cc2I)=CC1I. The normalized spacial score (nSPS) is 19.3. The Hall–Kier alpha value is 1.20. The predicted octanol–water partition coefficient (Wildman–Crippen LogP) is 4.23. The summed E-state index contributed by atoms with van der Waals surface area (Å²) in [7, 11) is -4.23. The molecule has 1 unspecified atom stereocenters. The lowest BCUT2D eigenvalue weighted by atomic mass is 9.99. The molecule has 0 radical (unpaired) electrons. The fraction of sp³-hybridized carbons (Fsp3) is 0.0833. The molecule has 21 heavy (non-hydrogen) atoms. The lowest BCUT2D eigenvalue weighted by Crippen LogP contribution is -2.15. The second kappa shape index (κ2) is 6.98. The molecule has 0 fully saturated rings. The zero-order chi connectivity index (χ0) is 15.9. The Bertz CT molecular complexity index is 772. The van der Waals surface area contributed by atoms with Crippen molar-refractivity contribution in [2.24, 2.45) is 0 Å². The van der Waals surface area contributed by atoms with Gasteiger partial charge in [-0.25, -0.2) is 0 Å². The Balaban J connectivity index is 2.62. The molecule has 0 aromatic heterocycles. The molecule has 1 aromatic carbocycles. The van der Waals surface area contributed by atoms with Gasteiger partial charge in [0.2, 0.25) is 0 Å². The van der Waals surface area contributed by atoms with Crippen molar-refractivity contribution in [2.45, 2.75) is 8.82 Å². The third-order valence-corrected chi connectivity index (χ3v) is 7.00. The van der Waals surface area contributed by atoms with E-state index in [2.05, 4.69) is 22.6 Å². The lowest BCUT2D eigenvalue weighted by molar-refractivity contribution is -0.113. The molecule has 1 aliphatic carbocycles. The van der Waals surface area contributed by atoms with Gasteiger partial charge in [0.25, 0.3) is 10.1 Å². The van der Waals surface area contributed by atoms with Gasteiger partial charge in [-0.2, -0.15) is 8.42 Å². The molecule has 0 bridgehead atoms. The number of Topliss-reactive ketones (excluding diaryl/α,β-unsaturated/α-hetero) is 1. The van der Waals surface area contributed by atoms with E-state index < -0.39 is 10.1 Å². The molecule has 0 aliphatic heterocycles. The number of allylic oxidation sites excluding steroid dienone is 4. The summed E-state index contributed by atoms with van der Waals surface area (Å²) in [5.74, 6) is 0.0690. The van der Waals surface area contributed by atoms with Gasteiger partial charge in [-0.3, -0.25) is 9.35 Å². The van der Waals surface area contributed by atoms with E-state index in [1.165, 1.54) is 12.1 Å². The van der Waals surface area contributed by atoms with E-state index in [0.717, 1.165) is 11.1 Å². The van der Waals surface area contributed by atoms with Crippen LogP contribution in [0.2, 0.25) is 0 Å². The molecule has 0 heterocycles. The number of ketones is 1. The summed E-state index contributed by atoms with van der Waals surface area (Å²) in [6, 6.07) is 2.85. The molecular formula is C12H6I4O4S. The fourth-order valence-electron chi connectivity index (χ4n) is 1.75. The van der Waals surface area contributed by atoms with Crippen LogP contribution in [-0.4, -0.2) is 22.7 Å². The first kappa shape index (κ1) is 18.5. The second-order valence-corrected chi connectivity index (χ2v) is 10.4. The molecule has 0 saturated heterocycles. The summed E-state index contributed by atoms with van der Waals surface area (Å²) in [5, 5.41) is 0. The smallest absolute Gasteiger partial charge is 0.292 e. The number of alkyl halides is 1. The lowest BCUT2D eigenvalue weighted by Gasteiger charge is -2.16. The number of hydrogen-bond acceptors (Lipinski definition) is 3. The molecule has 4 nitrogen and oxygen atoms in total. The van der Waals surface area contributed by atoms with Gasteiger partial charge in [0.1, 0.15) is 0 Å². The summed E-state index contributed by atoms with van der Waals surface area (Å²) < 4.78 is 33.5. The van der Waals surface area contributed by atoms with Crippen LogP contribution in [0.15, 0.2) is 32.8 Å². The van der Waals surface area contributed by atoms with Gasteiger partial charge >= 0.3 is 0 Å². The summed E-state index contributed by atoms with van der Waals surface area (Å²) in [4.78, 5) is 11.7. The Labute approximate surface area is 176 Å². The first-order valence-electron chi connectivity index (χ1n) is 5.35. The highest BCUT2D eigenvalue weighted by Crippen LogP contribution is 2.35. The third kappa shape index (κ3) is 4.19. The van der Waals surface area contributed by atoms with Crippen LogP contribution in [-0.2, 0) is 14.9 Å². The van der Waals surface area contributed by atoms with Crippen molar-refractivity contribution in [3.63, 3.8) is 0 Å². The summed E-state index contributed by atoms with van der Waals surface area (Å²) in [6.45, 7) is 0. The average Bonchev–Trinajstić information content (AvgIpc) is 2.33. The zero-order valence-electron chi connectivity index (χ0n) is 9.98. The van der Waals surface area contributed by atoms with Gasteiger partial charge in [0, 0.05) is 12.7 Å². The van der Waals surface area contributed by atoms with E-state index in [0.29, 0.717) is 10.7 Å². The van der Waals surface area contributed by atoms with Crippen molar-refractivity contribution in [3.05, 3.63) is 40.6 Å². The second-order valence-electron chi connectivity index (χ2n) is 4.12. The fourth-order valence-corrected chi connectivity index (χ4v) is 7.09. The third-order valence-electron chi connectivity index (χ3n) is 2.70. The van der Waals surface area contributed by atoms with E-state index in [4.69, 9.17) is 4.55 Å². The highest BCUT2D eigenvalue weighted by Gasteiger charge is 2.24. The molecule has 1 atom stereocenters. The molecule has 2 rings (SSSR count). The van der Waals surface area contributed by atoms with Gasteiger partial charge in [0.15, 0.2) is 5.78 Å². The van der Waals surface area contributed by atoms with Crippen molar-refractivity contribution >= 4 is 112 Å². The van der Waals surface area contributed by atoms with E-state index in [1.54, 1.807) is 6.08 Å². The van der Waals surface area contributed by atoms with Crippen LogP contribution >= 0.6 is 90.4 Å². The topological polar surface area (TPSA) is 71.4 Å². The van der Waals surface area contributed by atoms with E-state index in [-0.39, 0.29) is 14.6 Å². The van der Waals surface area contributed by atoms with E-state index in [9.17, 15) is 13.2 Å². The Morgan fingerprint density at radius 3 is 2.05 bits per heavy atom. The molecule has 0 saturated carbocycles. The average molecular weight is 754 g/mol. The quantitative estimate of drug-likeness (QED) is 0.279. The Morgan fingerprint density at radius 1 is 1.10 bits per heavy atom. The first-order valence-corrected chi connectivity index (χ1v) is 11.3. The number of halogens is 4. The first-order chi connectivity index (χ1) is 9.61. The van der Waals surface area contributed by atoms with E-state index >= 15 is 0 Å². The predicted molar refractivity (Wildman–Crippen MR) is 115 cm³/mol. The van der Waals surface area contributed by atoms with Crippen molar-refractivity contribution in [1.82, 2.24) is 0 Å². The zero-order valence-corrected chi connectivity index (χ0v) is 19.4. The molecular weight excluding hydrogens is 748 g/mol. The molecule has 112 valence electrons. The van der Waals surface area contributed by atoms with Crippen LogP contribution in [0.5, 0.6) is 0 Å². The van der Waals surface area contributed by atoms with Gasteiger partial charge in [-0.15, -0.1) is 0 Å². The maximum Gasteiger partial charge on any atom is 0.294 e. The number of carbonyl (C=O) groups is 1. The number of carbonyl (C=O) groups excluding carboxylic acids is 1. The van der Waals surface area contributed by atoms with Gasteiger partial charge < -0.3 is 0 Å². The minimum atomic E-state index is -4.23. The highest BCUT2D eigenvalue weighted by atomic mass is 127. The highest BCUT2D eigenvalue weighted by molar-refractivity contribution is 14.1. The minimum Gasteiger partial charge on any atom is -0.292 e. The van der Waals surface area contributed by atoms with Gasteiger partial charge in [-0.1, -0.05) is 28.7 Å². The maximum absolute atomic E-state index is 11.8. The van der Waals surface area contributed by atoms with Crippen molar-refractivity contribution in [2.75, 3.05) is 0 Å². The molecule has 9 heteroatoms. The number of rotatable bonds is 2. The van der Waals surface area contributed by atoms with Gasteiger partial charge in [0.05, 0.1) is 12.4 Å². The molecule has 1 N–H and O–H groups in total.